The van der Waals surface area contributed by atoms with Crippen molar-refractivity contribution in [3.05, 3.63) is 35.4 Å². The lowest BCUT2D eigenvalue weighted by atomic mass is 9.49. The molecule has 42 heavy (non-hydrogen) atoms. The normalized spacial score (nSPS) is 29.5. The molecule has 6 nitrogen and oxygen atoms in total. The van der Waals surface area contributed by atoms with Crippen LogP contribution in [0.2, 0.25) is 0 Å². The molecule has 1 unspecified atom stereocenters. The van der Waals surface area contributed by atoms with Gasteiger partial charge in [-0.2, -0.15) is 0 Å². The van der Waals surface area contributed by atoms with Crippen molar-refractivity contribution in [2.45, 2.75) is 146 Å². The van der Waals surface area contributed by atoms with E-state index in [2.05, 4.69) is 30.0 Å². The van der Waals surface area contributed by atoms with E-state index < -0.39 is 17.1 Å². The number of hydrogen-bond acceptors (Lipinski definition) is 6. The maximum atomic E-state index is 13.3. The summed E-state index contributed by atoms with van der Waals surface area (Å²) < 4.78 is 12.3. The topological polar surface area (TPSA) is 76.1 Å². The van der Waals surface area contributed by atoms with Crippen LogP contribution in [0.1, 0.15) is 127 Å². The molecule has 6 rings (SSSR count). The Hall–Kier alpha value is -2.18. The zero-order valence-corrected chi connectivity index (χ0v) is 25.7. The van der Waals surface area contributed by atoms with E-state index in [4.69, 9.17) is 9.47 Å². The molecule has 2 heterocycles. The summed E-state index contributed by atoms with van der Waals surface area (Å²) in [5, 5.41) is 12.4. The van der Waals surface area contributed by atoms with E-state index in [9.17, 15) is 14.7 Å². The zero-order valence-electron chi connectivity index (χ0n) is 25.7. The van der Waals surface area contributed by atoms with Crippen molar-refractivity contribution in [1.29, 1.82) is 0 Å². The van der Waals surface area contributed by atoms with E-state index in [1.54, 1.807) is 0 Å². The number of unbranched alkanes of at least 4 members (excludes halogenated alkanes) is 9. The molecule has 1 spiro atoms. The smallest absolute Gasteiger partial charge is 0.311 e. The molecule has 5 aliphatic rings. The van der Waals surface area contributed by atoms with Crippen LogP contribution in [0.25, 0.3) is 0 Å². The van der Waals surface area contributed by atoms with Gasteiger partial charge in [-0.15, -0.1) is 0 Å². The number of rotatable bonds is 16. The molecule has 0 amide bonds. The molecule has 2 saturated carbocycles. The summed E-state index contributed by atoms with van der Waals surface area (Å²) in [5.74, 6) is 1.51. The summed E-state index contributed by atoms with van der Waals surface area (Å²) >= 11 is 0. The van der Waals surface area contributed by atoms with E-state index in [1.807, 2.05) is 6.07 Å². The van der Waals surface area contributed by atoms with Gasteiger partial charge >= 0.3 is 5.97 Å². The molecule has 1 aromatic rings. The number of nitrogens with zero attached hydrogens (tertiary/aromatic N) is 1. The Labute approximate surface area is 252 Å². The summed E-state index contributed by atoms with van der Waals surface area (Å²) in [5.41, 5.74) is 0.362. The van der Waals surface area contributed by atoms with Crippen LogP contribution in [0.15, 0.2) is 24.3 Å². The molecular formula is C36H51NO5. The molecule has 4 atom stereocenters. The van der Waals surface area contributed by atoms with E-state index in [-0.39, 0.29) is 17.8 Å². The van der Waals surface area contributed by atoms with Crippen LogP contribution in [0, 0.1) is 5.92 Å². The fourth-order valence-corrected chi connectivity index (χ4v) is 8.49. The average molecular weight is 578 g/mol. The Kier molecular flexibility index (Phi) is 9.12. The highest BCUT2D eigenvalue weighted by molar-refractivity contribution is 5.90. The Balaban J connectivity index is 1.03. The van der Waals surface area contributed by atoms with Crippen molar-refractivity contribution >= 4 is 11.8 Å². The predicted octanol–water partition coefficient (Wildman–Crippen LogP) is 6.98. The number of carbonyl (C=O) groups is 2. The highest BCUT2D eigenvalue weighted by Crippen LogP contribution is 2.65. The van der Waals surface area contributed by atoms with Crippen molar-refractivity contribution in [2.75, 3.05) is 13.1 Å². The van der Waals surface area contributed by atoms with Crippen LogP contribution in [0.3, 0.4) is 0 Å². The first-order valence-electron chi connectivity index (χ1n) is 17.2. The first-order valence-corrected chi connectivity index (χ1v) is 17.2. The first kappa shape index (κ1) is 29.9. The standard InChI is InChI=1S/C36H51NO5/c1-2-3-4-5-6-7-8-9-10-11-12-13-14-15-31(39)41-29-19-18-27-24-30-36(40)21-20-28(38)34-35(36,32(27)33(29)42-34)22-23-37(30)25-26-16-17-26/h7-8,18-19,26,30,34,40H,2-6,9-17,20-25H2,1H3/b8-7-/t30?,34-,35-,36+/m0/s1. The van der Waals surface area contributed by atoms with Gasteiger partial charge < -0.3 is 14.6 Å². The SMILES string of the molecule is CCCCCC/C=C\CCCCCCCC(=O)Oc1ccc2c3c1O[C@H]1C(=O)CC[C@@]4(O)C(C2)N(CC2CC2)CC[C@]314. The number of allylic oxidation sites excluding steroid dienone is 2. The zero-order chi connectivity index (χ0) is 29.2. The summed E-state index contributed by atoms with van der Waals surface area (Å²) in [6.07, 6.45) is 22.2. The molecule has 1 N–H and O–H groups in total. The van der Waals surface area contributed by atoms with Gasteiger partial charge in [0.15, 0.2) is 23.4 Å². The monoisotopic (exact) mass is 577 g/mol. The highest BCUT2D eigenvalue weighted by Gasteiger charge is 2.73. The average Bonchev–Trinajstić information content (AvgIpc) is 3.72. The minimum atomic E-state index is -0.996. The second kappa shape index (κ2) is 12.8. The number of hydrogen-bond donors (Lipinski definition) is 1. The molecule has 2 bridgehead atoms. The quantitative estimate of drug-likeness (QED) is 0.0989. The van der Waals surface area contributed by atoms with Crippen LogP contribution in [-0.2, 0) is 21.4 Å². The van der Waals surface area contributed by atoms with Crippen molar-refractivity contribution < 1.29 is 24.2 Å². The summed E-state index contributed by atoms with van der Waals surface area (Å²) in [4.78, 5) is 28.6. The third kappa shape index (κ3) is 5.58. The number of Topliss-reactive ketones (excluding diaryl/α,β-unsaturated/α-hetero) is 1. The number of likely N-dealkylation sites (tertiary alicyclic amines) is 1. The largest absolute Gasteiger partial charge is 0.477 e. The van der Waals surface area contributed by atoms with E-state index >= 15 is 0 Å². The van der Waals surface area contributed by atoms with Gasteiger partial charge in [-0.25, -0.2) is 0 Å². The second-order valence-corrected chi connectivity index (χ2v) is 13.8. The fraction of sp³-hybridized carbons (Fsp3) is 0.722. The minimum Gasteiger partial charge on any atom is -0.477 e. The Bertz CT molecular complexity index is 1170. The molecule has 6 heteroatoms. The fourth-order valence-electron chi connectivity index (χ4n) is 8.49. The van der Waals surface area contributed by atoms with Crippen molar-refractivity contribution in [3.8, 4) is 11.5 Å². The van der Waals surface area contributed by atoms with Crippen LogP contribution in [0.4, 0.5) is 0 Å². The third-order valence-corrected chi connectivity index (χ3v) is 10.9. The predicted molar refractivity (Wildman–Crippen MR) is 164 cm³/mol. The van der Waals surface area contributed by atoms with Crippen LogP contribution >= 0.6 is 0 Å². The van der Waals surface area contributed by atoms with Gasteiger partial charge in [0.2, 0.25) is 0 Å². The van der Waals surface area contributed by atoms with Crippen molar-refractivity contribution in [2.24, 2.45) is 5.92 Å². The van der Waals surface area contributed by atoms with Crippen molar-refractivity contribution in [3.63, 3.8) is 0 Å². The van der Waals surface area contributed by atoms with Gasteiger partial charge in [0, 0.05) is 31.0 Å². The second-order valence-electron chi connectivity index (χ2n) is 13.8. The van der Waals surface area contributed by atoms with Gasteiger partial charge in [-0.05, 0) is 88.3 Å². The molecule has 230 valence electrons. The molecule has 0 radical (unpaired) electrons. The summed E-state index contributed by atoms with van der Waals surface area (Å²) in [6, 6.07) is 3.91. The number of ketones is 1. The molecule has 3 aliphatic carbocycles. The maximum absolute atomic E-state index is 13.3. The van der Waals surface area contributed by atoms with Gasteiger partial charge in [-0.1, -0.05) is 63.7 Å². The molecule has 0 aromatic heterocycles. The summed E-state index contributed by atoms with van der Waals surface area (Å²) in [6.45, 7) is 4.16. The number of piperidine rings is 1. The van der Waals surface area contributed by atoms with Crippen LogP contribution in [0.5, 0.6) is 11.5 Å². The van der Waals surface area contributed by atoms with E-state index in [0.29, 0.717) is 37.2 Å². The number of ether oxygens (including phenoxy) is 2. The van der Waals surface area contributed by atoms with Crippen LogP contribution in [-0.4, -0.2) is 52.6 Å². The lowest BCUT2D eigenvalue weighted by molar-refractivity contribution is -0.188. The molecule has 2 aliphatic heterocycles. The number of esters is 1. The van der Waals surface area contributed by atoms with Gasteiger partial charge in [0.05, 0.1) is 11.0 Å². The third-order valence-electron chi connectivity index (χ3n) is 10.9. The minimum absolute atomic E-state index is 0.00414. The Morgan fingerprint density at radius 1 is 1.05 bits per heavy atom. The maximum Gasteiger partial charge on any atom is 0.311 e. The van der Waals surface area contributed by atoms with Crippen LogP contribution < -0.4 is 9.47 Å². The van der Waals surface area contributed by atoms with E-state index in [0.717, 1.165) is 62.2 Å². The first-order chi connectivity index (χ1) is 20.5. The molecule has 1 aromatic carbocycles. The number of aliphatic hydroxyl groups is 1. The molecule has 3 fully saturated rings. The van der Waals surface area contributed by atoms with Gasteiger partial charge in [0.1, 0.15) is 0 Å². The summed E-state index contributed by atoms with van der Waals surface area (Å²) in [7, 11) is 0. The number of benzene rings is 1. The molecule has 1 saturated heterocycles. The van der Waals surface area contributed by atoms with Gasteiger partial charge in [0.25, 0.3) is 0 Å². The Morgan fingerprint density at radius 2 is 1.79 bits per heavy atom. The lowest BCUT2D eigenvalue weighted by Crippen LogP contribution is -2.76. The molecular weight excluding hydrogens is 526 g/mol. The lowest BCUT2D eigenvalue weighted by Gasteiger charge is -2.62. The van der Waals surface area contributed by atoms with Crippen molar-refractivity contribution in [1.82, 2.24) is 4.90 Å². The number of carbonyl (C=O) groups excluding carboxylic acids is 2. The highest BCUT2D eigenvalue weighted by atomic mass is 16.6. The van der Waals surface area contributed by atoms with Gasteiger partial charge in [-0.3, -0.25) is 14.5 Å². The van der Waals surface area contributed by atoms with E-state index in [1.165, 1.54) is 57.8 Å². The Morgan fingerprint density at radius 3 is 2.55 bits per heavy atom.